The van der Waals surface area contributed by atoms with Crippen LogP contribution < -0.4 is 44.7 Å². The summed E-state index contributed by atoms with van der Waals surface area (Å²) in [6.07, 6.45) is 2.27. The van der Waals surface area contributed by atoms with Crippen molar-refractivity contribution in [3.63, 3.8) is 0 Å². The van der Waals surface area contributed by atoms with Crippen LogP contribution >= 0.6 is 11.8 Å². The summed E-state index contributed by atoms with van der Waals surface area (Å²) < 4.78 is 6.19. The monoisotopic (exact) mass is 544 g/mol. The summed E-state index contributed by atoms with van der Waals surface area (Å²) in [5, 5.41) is 16.7. The van der Waals surface area contributed by atoms with E-state index in [9.17, 15) is 14.7 Å². The van der Waals surface area contributed by atoms with Crippen molar-refractivity contribution in [2.75, 3.05) is 0 Å². The number of amidine groups is 1. The average molecular weight is 545 g/mol. The Morgan fingerprint density at radius 3 is 2.33 bits per heavy atom. The number of hydrogen-bond donors (Lipinski definition) is 1. The molecule has 4 aromatic rings. The predicted octanol–water partition coefficient (Wildman–Crippen LogP) is 2.56. The molecule has 0 aromatic heterocycles. The fourth-order valence-electron chi connectivity index (χ4n) is 4.27. The molecule has 0 saturated carbocycles. The average Bonchev–Trinajstić information content (AvgIpc) is 3.27. The van der Waals surface area contributed by atoms with Gasteiger partial charge in [0.1, 0.15) is 12.4 Å². The Hall–Kier alpha value is -3.36. The number of fused-ring (bicyclic) bond motifs is 1. The van der Waals surface area contributed by atoms with Crippen LogP contribution in [0.25, 0.3) is 16.8 Å². The van der Waals surface area contributed by atoms with E-state index in [1.807, 2.05) is 72.8 Å². The van der Waals surface area contributed by atoms with Gasteiger partial charge in [-0.25, -0.2) is 4.99 Å². The standard InChI is InChI=1S/C31H26N2O4S.Na/c1-2-26(30(35)36)21-12-14-25(15-13-21)32-31-33-29(34)28(38-31)18-24-16-22-10-6-7-11-23(22)17-27(24)37-19-20-8-4-3-5-9-20;/h3-18,26H,2,19H2,1H3,(H,35,36)(H,32,33,34);/q;+1/p-1. The van der Waals surface area contributed by atoms with Gasteiger partial charge in [0.05, 0.1) is 10.6 Å². The van der Waals surface area contributed by atoms with E-state index in [2.05, 4.69) is 10.3 Å². The summed E-state index contributed by atoms with van der Waals surface area (Å²) in [4.78, 5) is 29.2. The number of carbonyl (C=O) groups excluding carboxylic acids is 2. The molecule has 0 bridgehead atoms. The molecule has 1 atom stereocenters. The molecule has 1 saturated heterocycles. The Labute approximate surface area is 253 Å². The number of carbonyl (C=O) groups is 2. The van der Waals surface area contributed by atoms with E-state index in [1.165, 1.54) is 11.8 Å². The molecule has 6 nitrogen and oxygen atoms in total. The third kappa shape index (κ3) is 6.99. The first kappa shape index (κ1) is 28.6. The molecule has 1 unspecified atom stereocenters. The van der Waals surface area contributed by atoms with Crippen LogP contribution in [0.3, 0.4) is 0 Å². The Morgan fingerprint density at radius 1 is 1.00 bits per heavy atom. The van der Waals surface area contributed by atoms with Crippen molar-refractivity contribution in [3.8, 4) is 5.75 Å². The molecule has 1 amide bonds. The van der Waals surface area contributed by atoms with Crippen molar-refractivity contribution < 1.29 is 49.0 Å². The number of carboxylic acids is 1. The zero-order valence-corrected chi connectivity index (χ0v) is 24.5. The van der Waals surface area contributed by atoms with Crippen molar-refractivity contribution in [1.82, 2.24) is 5.32 Å². The second-order valence-corrected chi connectivity index (χ2v) is 9.90. The number of benzene rings is 4. The maximum Gasteiger partial charge on any atom is 1.00 e. The minimum atomic E-state index is -1.10. The largest absolute Gasteiger partial charge is 1.00 e. The minimum Gasteiger partial charge on any atom is -0.549 e. The van der Waals surface area contributed by atoms with Gasteiger partial charge in [0.25, 0.3) is 5.91 Å². The van der Waals surface area contributed by atoms with Crippen LogP contribution in [-0.4, -0.2) is 17.0 Å². The molecule has 0 aliphatic carbocycles. The van der Waals surface area contributed by atoms with Crippen LogP contribution in [0.2, 0.25) is 0 Å². The predicted molar refractivity (Wildman–Crippen MR) is 150 cm³/mol. The molecule has 0 radical (unpaired) electrons. The Bertz CT molecular complexity index is 1550. The molecule has 39 heavy (non-hydrogen) atoms. The normalized spacial score (nSPS) is 15.7. The van der Waals surface area contributed by atoms with E-state index in [4.69, 9.17) is 4.74 Å². The quantitative estimate of drug-likeness (QED) is 0.272. The molecule has 1 aliphatic rings. The number of rotatable bonds is 8. The van der Waals surface area contributed by atoms with Gasteiger partial charge in [-0.3, -0.25) is 4.79 Å². The smallest absolute Gasteiger partial charge is 0.549 e. The topological polar surface area (TPSA) is 90.8 Å². The number of nitrogens with zero attached hydrogens (tertiary/aromatic N) is 1. The van der Waals surface area contributed by atoms with Crippen LogP contribution in [0.15, 0.2) is 101 Å². The number of hydrogen-bond acceptors (Lipinski definition) is 6. The summed E-state index contributed by atoms with van der Waals surface area (Å²) in [5.74, 6) is -1.31. The molecule has 5 rings (SSSR count). The Morgan fingerprint density at radius 2 is 1.67 bits per heavy atom. The Kier molecular flexibility index (Phi) is 9.64. The van der Waals surface area contributed by atoms with E-state index in [-0.39, 0.29) is 35.5 Å². The van der Waals surface area contributed by atoms with Crippen LogP contribution in [0.5, 0.6) is 5.75 Å². The molecule has 1 N–H and O–H groups in total. The summed E-state index contributed by atoms with van der Waals surface area (Å²) >= 11 is 1.25. The maximum absolute atomic E-state index is 12.8. The van der Waals surface area contributed by atoms with Crippen LogP contribution in [0.4, 0.5) is 5.69 Å². The number of aliphatic carboxylic acids is 1. The van der Waals surface area contributed by atoms with Crippen LogP contribution in [0.1, 0.15) is 36.0 Å². The molecular formula is C31H25N2NaO4S. The van der Waals surface area contributed by atoms with E-state index in [0.29, 0.717) is 40.1 Å². The number of thioether (sulfide) groups is 1. The van der Waals surface area contributed by atoms with Gasteiger partial charge in [-0.05, 0) is 70.4 Å². The van der Waals surface area contributed by atoms with Gasteiger partial charge in [0, 0.05) is 17.5 Å². The first-order valence-electron chi connectivity index (χ1n) is 12.3. The molecule has 1 heterocycles. The first-order chi connectivity index (χ1) is 18.5. The zero-order chi connectivity index (χ0) is 26.5. The SMILES string of the molecule is CCC(C(=O)[O-])c1ccc(N=C2NC(=O)C(=Cc3cc4ccccc4cc3OCc3ccccc3)S2)cc1.[Na+]. The number of aliphatic imine (C=N–C) groups is 1. The fourth-order valence-corrected chi connectivity index (χ4v) is 5.10. The molecule has 8 heteroatoms. The van der Waals surface area contributed by atoms with Crippen molar-refractivity contribution in [1.29, 1.82) is 0 Å². The van der Waals surface area contributed by atoms with E-state index >= 15 is 0 Å². The summed E-state index contributed by atoms with van der Waals surface area (Å²) in [5.41, 5.74) is 3.14. The van der Waals surface area contributed by atoms with E-state index in [1.54, 1.807) is 31.2 Å². The number of carboxylic acid groups (broad SMARTS) is 1. The third-order valence-corrected chi connectivity index (χ3v) is 7.18. The van der Waals surface area contributed by atoms with Gasteiger partial charge < -0.3 is 20.0 Å². The van der Waals surface area contributed by atoms with Gasteiger partial charge in [0.2, 0.25) is 0 Å². The van der Waals surface area contributed by atoms with Gasteiger partial charge in [-0.2, -0.15) is 0 Å². The number of nitrogens with one attached hydrogen (secondary N) is 1. The number of ether oxygens (including phenoxy) is 1. The molecule has 4 aromatic carbocycles. The van der Waals surface area contributed by atoms with Gasteiger partial charge in [-0.1, -0.05) is 73.7 Å². The second kappa shape index (κ2) is 13.1. The van der Waals surface area contributed by atoms with E-state index < -0.39 is 11.9 Å². The Balaban J connectivity index is 0.00000353. The molecule has 1 fully saturated rings. The fraction of sp³-hybridized carbons (Fsp3) is 0.129. The summed E-state index contributed by atoms with van der Waals surface area (Å²) in [6, 6.07) is 28.9. The number of amides is 1. The van der Waals surface area contributed by atoms with Gasteiger partial charge >= 0.3 is 29.6 Å². The van der Waals surface area contributed by atoms with Gasteiger partial charge in [-0.15, -0.1) is 0 Å². The van der Waals surface area contributed by atoms with E-state index in [0.717, 1.165) is 21.9 Å². The molecule has 0 spiro atoms. The first-order valence-corrected chi connectivity index (χ1v) is 13.1. The molecule has 1 aliphatic heterocycles. The zero-order valence-electron chi connectivity index (χ0n) is 21.7. The van der Waals surface area contributed by atoms with Crippen LogP contribution in [-0.2, 0) is 16.2 Å². The molecular weight excluding hydrogens is 519 g/mol. The minimum absolute atomic E-state index is 0. The van der Waals surface area contributed by atoms with Crippen molar-refractivity contribution in [2.45, 2.75) is 25.9 Å². The summed E-state index contributed by atoms with van der Waals surface area (Å²) in [6.45, 7) is 2.22. The van der Waals surface area contributed by atoms with Crippen molar-refractivity contribution in [2.24, 2.45) is 4.99 Å². The van der Waals surface area contributed by atoms with Crippen LogP contribution in [0, 0.1) is 0 Å². The maximum atomic E-state index is 12.8. The van der Waals surface area contributed by atoms with Crippen molar-refractivity contribution >= 4 is 51.3 Å². The third-order valence-electron chi connectivity index (χ3n) is 6.27. The second-order valence-electron chi connectivity index (χ2n) is 8.86. The summed E-state index contributed by atoms with van der Waals surface area (Å²) in [7, 11) is 0. The van der Waals surface area contributed by atoms with Gasteiger partial charge in [0.15, 0.2) is 5.17 Å². The molecule has 190 valence electrons. The van der Waals surface area contributed by atoms with Crippen molar-refractivity contribution in [3.05, 3.63) is 113 Å².